The van der Waals surface area contributed by atoms with Gasteiger partial charge in [0.15, 0.2) is 0 Å². The van der Waals surface area contributed by atoms with Crippen molar-refractivity contribution in [1.82, 2.24) is 9.97 Å². The smallest absolute Gasteiger partial charge is 0.339 e. The molecule has 7 heteroatoms. The quantitative estimate of drug-likeness (QED) is 0.874. The molecule has 2 aromatic rings. The number of hydrogen-bond acceptors (Lipinski definition) is 4. The molecule has 0 radical (unpaired) electrons. The summed E-state index contributed by atoms with van der Waals surface area (Å²) in [5.41, 5.74) is 0.258. The van der Waals surface area contributed by atoms with Crippen molar-refractivity contribution < 1.29 is 18.7 Å². The molecule has 0 aliphatic rings. The molecule has 0 aliphatic heterocycles. The monoisotopic (exact) mass is 282 g/mol. The van der Waals surface area contributed by atoms with Crippen molar-refractivity contribution in [3.8, 4) is 0 Å². The largest absolute Gasteiger partial charge is 0.478 e. The molecular weight excluding hydrogens is 274 g/mol. The Morgan fingerprint density at radius 3 is 2.84 bits per heavy atom. The highest BCUT2D eigenvalue weighted by Crippen LogP contribution is 2.26. The van der Waals surface area contributed by atoms with Crippen LogP contribution in [0.4, 0.5) is 8.78 Å². The molecule has 19 heavy (non-hydrogen) atoms. The second-order valence-corrected chi connectivity index (χ2v) is 4.57. The SMILES string of the molecule is O=C(O)c1cncnc1CSc1ccc(F)cc1F. The van der Waals surface area contributed by atoms with Gasteiger partial charge in [0.05, 0.1) is 5.69 Å². The van der Waals surface area contributed by atoms with Gasteiger partial charge in [0.25, 0.3) is 0 Å². The fourth-order valence-electron chi connectivity index (χ4n) is 1.39. The fraction of sp³-hybridized carbons (Fsp3) is 0.0833. The van der Waals surface area contributed by atoms with Crippen molar-refractivity contribution in [2.45, 2.75) is 10.6 Å². The Hall–Kier alpha value is -2.02. The van der Waals surface area contributed by atoms with Gasteiger partial charge in [-0.3, -0.25) is 0 Å². The zero-order valence-electron chi connectivity index (χ0n) is 9.51. The molecule has 0 saturated heterocycles. The summed E-state index contributed by atoms with van der Waals surface area (Å²) in [6, 6.07) is 3.22. The third kappa shape index (κ3) is 3.25. The minimum atomic E-state index is -1.14. The molecule has 0 amide bonds. The molecule has 98 valence electrons. The highest BCUT2D eigenvalue weighted by molar-refractivity contribution is 7.98. The van der Waals surface area contributed by atoms with E-state index in [1.54, 1.807) is 0 Å². The summed E-state index contributed by atoms with van der Waals surface area (Å²) in [6.07, 6.45) is 2.41. The summed E-state index contributed by atoms with van der Waals surface area (Å²) in [6.45, 7) is 0. The molecule has 0 bridgehead atoms. The maximum Gasteiger partial charge on any atom is 0.339 e. The third-order valence-corrected chi connectivity index (χ3v) is 3.34. The molecule has 0 unspecified atom stereocenters. The minimum Gasteiger partial charge on any atom is -0.478 e. The number of carboxylic acids is 1. The Balaban J connectivity index is 2.17. The van der Waals surface area contributed by atoms with Gasteiger partial charge >= 0.3 is 5.97 Å². The molecule has 0 atom stereocenters. The van der Waals surface area contributed by atoms with Crippen molar-refractivity contribution in [3.05, 3.63) is 53.6 Å². The van der Waals surface area contributed by atoms with Gasteiger partial charge in [-0.2, -0.15) is 0 Å². The number of carbonyl (C=O) groups is 1. The van der Waals surface area contributed by atoms with Crippen molar-refractivity contribution >= 4 is 17.7 Å². The van der Waals surface area contributed by atoms with E-state index >= 15 is 0 Å². The second-order valence-electron chi connectivity index (χ2n) is 3.55. The van der Waals surface area contributed by atoms with Gasteiger partial charge in [-0.05, 0) is 12.1 Å². The molecule has 0 fully saturated rings. The summed E-state index contributed by atoms with van der Waals surface area (Å²) in [5, 5.41) is 8.94. The lowest BCUT2D eigenvalue weighted by atomic mass is 10.2. The second kappa shape index (κ2) is 5.75. The van der Waals surface area contributed by atoms with Crippen LogP contribution in [0.1, 0.15) is 16.1 Å². The fourth-order valence-corrected chi connectivity index (χ4v) is 2.27. The van der Waals surface area contributed by atoms with E-state index in [1.165, 1.54) is 18.6 Å². The van der Waals surface area contributed by atoms with E-state index in [1.807, 2.05) is 0 Å². The van der Waals surface area contributed by atoms with Crippen molar-refractivity contribution in [3.63, 3.8) is 0 Å². The zero-order chi connectivity index (χ0) is 13.8. The van der Waals surface area contributed by atoms with Gasteiger partial charge in [0.2, 0.25) is 0 Å². The zero-order valence-corrected chi connectivity index (χ0v) is 10.3. The Labute approximate surface area is 111 Å². The van der Waals surface area contributed by atoms with E-state index in [2.05, 4.69) is 9.97 Å². The van der Waals surface area contributed by atoms with Crippen LogP contribution in [0.3, 0.4) is 0 Å². The Morgan fingerprint density at radius 1 is 1.37 bits per heavy atom. The minimum absolute atomic E-state index is 0.0301. The first-order chi connectivity index (χ1) is 9.08. The van der Waals surface area contributed by atoms with Gasteiger partial charge in [-0.15, -0.1) is 11.8 Å². The predicted molar refractivity (Wildman–Crippen MR) is 64.9 cm³/mol. The number of aromatic carboxylic acids is 1. The molecule has 1 N–H and O–H groups in total. The van der Waals surface area contributed by atoms with Crippen LogP contribution in [-0.2, 0) is 5.75 Å². The highest BCUT2D eigenvalue weighted by atomic mass is 32.2. The van der Waals surface area contributed by atoms with Gasteiger partial charge in [0, 0.05) is 22.9 Å². The predicted octanol–water partition coefficient (Wildman–Crippen LogP) is 2.75. The Kier molecular flexibility index (Phi) is 4.06. The Bertz CT molecular complexity index is 622. The standard InChI is InChI=1S/C12H8F2N2O2S/c13-7-1-2-11(9(14)3-7)19-5-10-8(12(17)18)4-15-6-16-10/h1-4,6H,5H2,(H,17,18). The van der Waals surface area contributed by atoms with E-state index in [0.717, 1.165) is 23.9 Å². The average Bonchev–Trinajstić information content (AvgIpc) is 2.38. The lowest BCUT2D eigenvalue weighted by molar-refractivity contribution is 0.0695. The van der Waals surface area contributed by atoms with E-state index < -0.39 is 17.6 Å². The average molecular weight is 282 g/mol. The van der Waals surface area contributed by atoms with E-state index in [4.69, 9.17) is 5.11 Å². The van der Waals surface area contributed by atoms with Gasteiger partial charge < -0.3 is 5.11 Å². The number of benzene rings is 1. The molecule has 4 nitrogen and oxygen atoms in total. The summed E-state index contributed by atoms with van der Waals surface area (Å²) in [4.78, 5) is 18.6. The molecule has 1 aromatic carbocycles. The van der Waals surface area contributed by atoms with Crippen molar-refractivity contribution in [2.24, 2.45) is 0 Å². The molecule has 0 spiro atoms. The first-order valence-corrected chi connectivity index (χ1v) is 6.16. The van der Waals surface area contributed by atoms with E-state index in [-0.39, 0.29) is 21.9 Å². The maximum atomic E-state index is 13.4. The molecule has 2 rings (SSSR count). The lowest BCUT2D eigenvalue weighted by Crippen LogP contribution is -2.04. The molecule has 0 aliphatic carbocycles. The lowest BCUT2D eigenvalue weighted by Gasteiger charge is -2.05. The van der Waals surface area contributed by atoms with E-state index in [0.29, 0.717) is 0 Å². The number of halogens is 2. The topological polar surface area (TPSA) is 63.1 Å². The van der Waals surface area contributed by atoms with Gasteiger partial charge in [-0.1, -0.05) is 0 Å². The van der Waals surface area contributed by atoms with Crippen LogP contribution in [0.15, 0.2) is 35.6 Å². The number of nitrogens with zero attached hydrogens (tertiary/aromatic N) is 2. The number of carboxylic acid groups (broad SMARTS) is 1. The van der Waals surface area contributed by atoms with Crippen LogP contribution in [0, 0.1) is 11.6 Å². The van der Waals surface area contributed by atoms with Crippen LogP contribution in [0.5, 0.6) is 0 Å². The normalized spacial score (nSPS) is 10.4. The number of rotatable bonds is 4. The number of thioether (sulfide) groups is 1. The molecule has 1 aromatic heterocycles. The van der Waals surface area contributed by atoms with Crippen LogP contribution >= 0.6 is 11.8 Å². The van der Waals surface area contributed by atoms with Crippen LogP contribution in [0.25, 0.3) is 0 Å². The number of hydrogen-bond donors (Lipinski definition) is 1. The third-order valence-electron chi connectivity index (χ3n) is 2.28. The van der Waals surface area contributed by atoms with Crippen LogP contribution in [-0.4, -0.2) is 21.0 Å². The summed E-state index contributed by atoms with van der Waals surface area (Å²) >= 11 is 1.05. The summed E-state index contributed by atoms with van der Waals surface area (Å²) in [5.74, 6) is -2.32. The summed E-state index contributed by atoms with van der Waals surface area (Å²) in [7, 11) is 0. The number of aromatic nitrogens is 2. The van der Waals surface area contributed by atoms with E-state index in [9.17, 15) is 13.6 Å². The molecule has 1 heterocycles. The Morgan fingerprint density at radius 2 is 2.16 bits per heavy atom. The maximum absolute atomic E-state index is 13.4. The van der Waals surface area contributed by atoms with Crippen molar-refractivity contribution in [2.75, 3.05) is 0 Å². The van der Waals surface area contributed by atoms with Crippen molar-refractivity contribution in [1.29, 1.82) is 0 Å². The first-order valence-electron chi connectivity index (χ1n) is 5.18. The molecule has 0 saturated carbocycles. The van der Waals surface area contributed by atoms with Crippen LogP contribution < -0.4 is 0 Å². The van der Waals surface area contributed by atoms with Gasteiger partial charge in [-0.25, -0.2) is 23.5 Å². The first kappa shape index (κ1) is 13.4. The highest BCUT2D eigenvalue weighted by Gasteiger charge is 2.12. The molecular formula is C12H8F2N2O2S. The summed E-state index contributed by atoms with van der Waals surface area (Å²) < 4.78 is 26.1. The van der Waals surface area contributed by atoms with Gasteiger partial charge in [0.1, 0.15) is 23.5 Å². The van der Waals surface area contributed by atoms with Crippen LogP contribution in [0.2, 0.25) is 0 Å².